The number of nitrogens with zero attached hydrogens (tertiary/aromatic N) is 2. The summed E-state index contributed by atoms with van der Waals surface area (Å²) in [6, 6.07) is 16.6. The molecule has 1 N–H and O–H groups in total. The van der Waals surface area contributed by atoms with E-state index in [9.17, 15) is 4.79 Å². The Morgan fingerprint density at radius 2 is 1.94 bits per heavy atom. The summed E-state index contributed by atoms with van der Waals surface area (Å²) in [5, 5.41) is 5.03. The molecule has 6 heteroatoms. The molecule has 1 aliphatic rings. The van der Waals surface area contributed by atoms with Gasteiger partial charge in [-0.25, -0.2) is 4.98 Å². The van der Waals surface area contributed by atoms with Gasteiger partial charge in [0.2, 0.25) is 0 Å². The maximum absolute atomic E-state index is 12.7. The van der Waals surface area contributed by atoms with E-state index in [0.717, 1.165) is 36.2 Å². The largest absolute Gasteiger partial charge is 0.449 e. The second-order valence-electron chi connectivity index (χ2n) is 8.76. The van der Waals surface area contributed by atoms with Crippen molar-refractivity contribution in [3.8, 4) is 22.7 Å². The van der Waals surface area contributed by atoms with E-state index >= 15 is 0 Å². The van der Waals surface area contributed by atoms with Gasteiger partial charge in [-0.2, -0.15) is 0 Å². The monoisotopic (exact) mass is 459 g/mol. The van der Waals surface area contributed by atoms with Crippen LogP contribution in [0, 0.1) is 6.92 Å². The van der Waals surface area contributed by atoms with Crippen LogP contribution in [0.5, 0.6) is 0 Å². The highest BCUT2D eigenvalue weighted by molar-refractivity contribution is 7.09. The van der Waals surface area contributed by atoms with E-state index in [1.807, 2.05) is 18.5 Å². The zero-order valence-corrected chi connectivity index (χ0v) is 19.7. The number of aryl methyl sites for hydroxylation is 1. The first kappa shape index (κ1) is 21.7. The van der Waals surface area contributed by atoms with Gasteiger partial charge in [-0.15, -0.1) is 11.3 Å². The number of aromatic nitrogens is 2. The molecular formula is C27H29N3O2S. The Morgan fingerprint density at radius 3 is 2.70 bits per heavy atom. The number of amides is 1. The fourth-order valence-electron chi connectivity index (χ4n) is 4.59. The highest BCUT2D eigenvalue weighted by Gasteiger charge is 2.25. The second kappa shape index (κ2) is 9.79. The standard InChI is InChI=1S/C27H29N3O2S/c1-19-9-11-20(12-10-19)25-26(30(18-29-25)21-6-3-2-4-7-21)23-13-14-24(32-23)27(31)28-16-15-22-8-5-17-33-22/h5,8-14,17-18,21H,2-4,6-7,15-16H2,1H3,(H,28,31). The van der Waals surface area contributed by atoms with Crippen LogP contribution >= 0.6 is 11.3 Å². The van der Waals surface area contributed by atoms with Crippen molar-refractivity contribution in [3.05, 3.63) is 76.4 Å². The molecule has 0 spiro atoms. The number of furan rings is 1. The molecule has 1 amide bonds. The van der Waals surface area contributed by atoms with Crippen LogP contribution in [0.25, 0.3) is 22.7 Å². The minimum absolute atomic E-state index is 0.182. The zero-order chi connectivity index (χ0) is 22.6. The van der Waals surface area contributed by atoms with Gasteiger partial charge in [0.15, 0.2) is 11.5 Å². The molecule has 0 radical (unpaired) electrons. The normalized spacial score (nSPS) is 14.5. The minimum atomic E-state index is -0.182. The van der Waals surface area contributed by atoms with Crippen molar-refractivity contribution in [2.45, 2.75) is 51.5 Å². The van der Waals surface area contributed by atoms with Gasteiger partial charge < -0.3 is 14.3 Å². The third-order valence-electron chi connectivity index (χ3n) is 6.39. The van der Waals surface area contributed by atoms with Gasteiger partial charge in [0.05, 0.1) is 12.0 Å². The van der Waals surface area contributed by atoms with Gasteiger partial charge in [0.1, 0.15) is 5.69 Å². The van der Waals surface area contributed by atoms with Gasteiger partial charge in [0.25, 0.3) is 5.91 Å². The van der Waals surface area contributed by atoms with E-state index in [0.29, 0.717) is 24.1 Å². The first-order chi connectivity index (χ1) is 16.2. The molecular weight excluding hydrogens is 430 g/mol. The first-order valence-electron chi connectivity index (χ1n) is 11.7. The smallest absolute Gasteiger partial charge is 0.287 e. The lowest BCUT2D eigenvalue weighted by Gasteiger charge is -2.24. The maximum Gasteiger partial charge on any atom is 0.287 e. The third-order valence-corrected chi connectivity index (χ3v) is 7.32. The van der Waals surface area contributed by atoms with Crippen LogP contribution in [-0.4, -0.2) is 22.0 Å². The summed E-state index contributed by atoms with van der Waals surface area (Å²) in [6.07, 6.45) is 8.83. The predicted octanol–water partition coefficient (Wildman–Crippen LogP) is 6.66. The third kappa shape index (κ3) is 4.81. The van der Waals surface area contributed by atoms with Crippen LogP contribution in [0.3, 0.4) is 0 Å². The average Bonchev–Trinajstić information content (AvgIpc) is 3.60. The Bertz CT molecular complexity index is 1200. The Kier molecular flexibility index (Phi) is 6.44. The van der Waals surface area contributed by atoms with Crippen molar-refractivity contribution in [2.75, 3.05) is 6.54 Å². The summed E-state index contributed by atoms with van der Waals surface area (Å²) in [4.78, 5) is 18.8. The van der Waals surface area contributed by atoms with Crippen molar-refractivity contribution >= 4 is 17.2 Å². The first-order valence-corrected chi connectivity index (χ1v) is 12.6. The molecule has 4 aromatic rings. The SMILES string of the molecule is Cc1ccc(-c2ncn(C3CCCCC3)c2-c2ccc(C(=O)NCCc3cccs3)o2)cc1. The van der Waals surface area contributed by atoms with E-state index in [4.69, 9.17) is 9.40 Å². The number of imidazole rings is 1. The van der Waals surface area contributed by atoms with Gasteiger partial charge in [-0.3, -0.25) is 4.79 Å². The molecule has 1 fully saturated rings. The Labute approximate surface area is 198 Å². The lowest BCUT2D eigenvalue weighted by Crippen LogP contribution is -2.25. The molecule has 1 aromatic carbocycles. The van der Waals surface area contributed by atoms with E-state index < -0.39 is 0 Å². The fourth-order valence-corrected chi connectivity index (χ4v) is 5.30. The Morgan fingerprint density at radius 1 is 1.12 bits per heavy atom. The van der Waals surface area contributed by atoms with Crippen molar-refractivity contribution in [2.24, 2.45) is 0 Å². The maximum atomic E-state index is 12.7. The highest BCUT2D eigenvalue weighted by Crippen LogP contribution is 2.38. The van der Waals surface area contributed by atoms with Crippen molar-refractivity contribution in [1.82, 2.24) is 14.9 Å². The minimum Gasteiger partial charge on any atom is -0.449 e. The van der Waals surface area contributed by atoms with E-state index in [2.05, 4.69) is 52.5 Å². The van der Waals surface area contributed by atoms with Gasteiger partial charge >= 0.3 is 0 Å². The van der Waals surface area contributed by atoms with Crippen molar-refractivity contribution in [1.29, 1.82) is 0 Å². The van der Waals surface area contributed by atoms with Gasteiger partial charge in [-0.05, 0) is 49.8 Å². The molecule has 1 saturated carbocycles. The summed E-state index contributed by atoms with van der Waals surface area (Å²) < 4.78 is 8.39. The van der Waals surface area contributed by atoms with Crippen LogP contribution in [0.1, 0.15) is 59.1 Å². The number of nitrogens with one attached hydrogen (secondary N) is 1. The number of benzene rings is 1. The molecule has 33 heavy (non-hydrogen) atoms. The quantitative estimate of drug-likeness (QED) is 0.336. The summed E-state index contributed by atoms with van der Waals surface area (Å²) in [6.45, 7) is 2.67. The molecule has 3 aromatic heterocycles. The van der Waals surface area contributed by atoms with Crippen molar-refractivity contribution in [3.63, 3.8) is 0 Å². The summed E-state index contributed by atoms with van der Waals surface area (Å²) in [5.74, 6) is 0.845. The molecule has 1 aliphatic carbocycles. The van der Waals surface area contributed by atoms with E-state index in [1.165, 1.54) is 29.7 Å². The highest BCUT2D eigenvalue weighted by atomic mass is 32.1. The molecule has 0 bridgehead atoms. The van der Waals surface area contributed by atoms with Crippen molar-refractivity contribution < 1.29 is 9.21 Å². The molecule has 0 aliphatic heterocycles. The number of rotatable bonds is 7. The topological polar surface area (TPSA) is 60.1 Å². The number of hydrogen-bond acceptors (Lipinski definition) is 4. The lowest BCUT2D eigenvalue weighted by molar-refractivity contribution is 0.0927. The van der Waals surface area contributed by atoms with E-state index in [1.54, 1.807) is 17.4 Å². The summed E-state index contributed by atoms with van der Waals surface area (Å²) in [5.41, 5.74) is 4.14. The number of carbonyl (C=O) groups excluding carboxylic acids is 1. The predicted molar refractivity (Wildman–Crippen MR) is 133 cm³/mol. The lowest BCUT2D eigenvalue weighted by atomic mass is 9.95. The van der Waals surface area contributed by atoms with Gasteiger partial charge in [0, 0.05) is 23.0 Å². The molecule has 3 heterocycles. The zero-order valence-electron chi connectivity index (χ0n) is 18.9. The second-order valence-corrected chi connectivity index (χ2v) is 9.79. The molecule has 0 saturated heterocycles. The summed E-state index contributed by atoms with van der Waals surface area (Å²) >= 11 is 1.70. The average molecular weight is 460 g/mol. The van der Waals surface area contributed by atoms with Crippen LogP contribution in [0.2, 0.25) is 0 Å². The number of hydrogen-bond donors (Lipinski definition) is 1. The van der Waals surface area contributed by atoms with Crippen LogP contribution < -0.4 is 5.32 Å². The van der Waals surface area contributed by atoms with Crippen LogP contribution in [0.4, 0.5) is 0 Å². The van der Waals surface area contributed by atoms with Crippen LogP contribution in [-0.2, 0) is 6.42 Å². The molecule has 5 rings (SSSR count). The molecule has 5 nitrogen and oxygen atoms in total. The van der Waals surface area contributed by atoms with Gasteiger partial charge in [-0.1, -0.05) is 55.2 Å². The molecule has 0 atom stereocenters. The molecule has 170 valence electrons. The van der Waals surface area contributed by atoms with Crippen LogP contribution in [0.15, 0.2) is 64.7 Å². The number of carbonyl (C=O) groups is 1. The number of thiophene rings is 1. The van der Waals surface area contributed by atoms with E-state index in [-0.39, 0.29) is 5.91 Å². The molecule has 0 unspecified atom stereocenters. The Hall–Kier alpha value is -3.12. The summed E-state index contributed by atoms with van der Waals surface area (Å²) in [7, 11) is 0. The fraction of sp³-hybridized carbons (Fsp3) is 0.333. The Balaban J connectivity index is 1.42.